The summed E-state index contributed by atoms with van der Waals surface area (Å²) in [6.45, 7) is 0.904. The van der Waals surface area contributed by atoms with Crippen molar-refractivity contribution in [2.75, 3.05) is 39.7 Å². The number of rotatable bonds is 7. The van der Waals surface area contributed by atoms with Crippen LogP contribution < -0.4 is 19.5 Å². The van der Waals surface area contributed by atoms with Crippen LogP contribution in [-0.2, 0) is 10.0 Å². The summed E-state index contributed by atoms with van der Waals surface area (Å²) < 4.78 is 42.7. The first kappa shape index (κ1) is 21.7. The van der Waals surface area contributed by atoms with Crippen molar-refractivity contribution < 1.29 is 32.5 Å². The number of benzene rings is 2. The van der Waals surface area contributed by atoms with E-state index < -0.39 is 15.9 Å². The van der Waals surface area contributed by atoms with Crippen LogP contribution in [0, 0.1) is 0 Å². The fourth-order valence-corrected chi connectivity index (χ4v) is 4.79. The smallest absolute Gasteiger partial charge is 0.259 e. The number of sulfonamides is 1. The largest absolute Gasteiger partial charge is 0.506 e. The molecule has 162 valence electrons. The second-order valence-corrected chi connectivity index (χ2v) is 8.59. The normalized spacial score (nSPS) is 14.4. The van der Waals surface area contributed by atoms with E-state index >= 15 is 0 Å². The van der Waals surface area contributed by atoms with Gasteiger partial charge in [-0.3, -0.25) is 4.79 Å². The molecule has 1 aliphatic heterocycles. The van der Waals surface area contributed by atoms with Gasteiger partial charge in [-0.25, -0.2) is 8.42 Å². The number of carbonyl (C=O) groups excluding carboxylic acids is 1. The molecule has 1 heterocycles. The Morgan fingerprint density at radius 1 is 0.967 bits per heavy atom. The van der Waals surface area contributed by atoms with Gasteiger partial charge in [-0.05, 0) is 31.0 Å². The van der Waals surface area contributed by atoms with Gasteiger partial charge in [-0.15, -0.1) is 0 Å². The molecule has 0 radical (unpaired) electrons. The average molecular weight is 436 g/mol. The van der Waals surface area contributed by atoms with Crippen LogP contribution in [-0.4, -0.2) is 58.2 Å². The summed E-state index contributed by atoms with van der Waals surface area (Å²) in [5, 5.41) is 12.7. The molecule has 0 bridgehead atoms. The Kier molecular flexibility index (Phi) is 6.37. The van der Waals surface area contributed by atoms with Crippen LogP contribution >= 0.6 is 0 Å². The Hall–Kier alpha value is -2.98. The summed E-state index contributed by atoms with van der Waals surface area (Å²) in [7, 11) is 0.595. The lowest BCUT2D eigenvalue weighted by Crippen LogP contribution is -2.28. The highest BCUT2D eigenvalue weighted by Crippen LogP contribution is 2.36. The van der Waals surface area contributed by atoms with Gasteiger partial charge in [0.25, 0.3) is 5.91 Å². The number of methoxy groups -OCH3 is 3. The molecule has 0 unspecified atom stereocenters. The third kappa shape index (κ3) is 4.14. The summed E-state index contributed by atoms with van der Waals surface area (Å²) in [4.78, 5) is 12.9. The molecule has 9 nitrogen and oxygen atoms in total. The highest BCUT2D eigenvalue weighted by molar-refractivity contribution is 7.89. The molecular weight excluding hydrogens is 412 g/mol. The first-order valence-electron chi connectivity index (χ1n) is 9.26. The lowest BCUT2D eigenvalue weighted by Gasteiger charge is -2.17. The summed E-state index contributed by atoms with van der Waals surface area (Å²) in [5.41, 5.74) is 0.0967. The van der Waals surface area contributed by atoms with Gasteiger partial charge < -0.3 is 24.6 Å². The lowest BCUT2D eigenvalue weighted by atomic mass is 10.1. The molecule has 2 N–H and O–H groups in total. The van der Waals surface area contributed by atoms with E-state index in [1.807, 2.05) is 0 Å². The van der Waals surface area contributed by atoms with E-state index in [1.165, 1.54) is 56.0 Å². The van der Waals surface area contributed by atoms with Crippen molar-refractivity contribution in [2.24, 2.45) is 0 Å². The molecule has 3 rings (SSSR count). The molecule has 0 atom stereocenters. The molecular formula is C20H24N2O7S. The lowest BCUT2D eigenvalue weighted by molar-refractivity contribution is 0.102. The van der Waals surface area contributed by atoms with Gasteiger partial charge in [-0.2, -0.15) is 4.31 Å². The van der Waals surface area contributed by atoms with Crippen molar-refractivity contribution >= 4 is 21.6 Å². The van der Waals surface area contributed by atoms with Crippen LogP contribution in [0.25, 0.3) is 0 Å². The summed E-state index contributed by atoms with van der Waals surface area (Å²) >= 11 is 0. The molecule has 2 aromatic rings. The van der Waals surface area contributed by atoms with Gasteiger partial charge in [0.1, 0.15) is 11.5 Å². The molecule has 0 aliphatic carbocycles. The quantitative estimate of drug-likeness (QED) is 0.641. The highest BCUT2D eigenvalue weighted by atomic mass is 32.2. The number of nitrogens with one attached hydrogen (secondary N) is 1. The van der Waals surface area contributed by atoms with Gasteiger partial charge in [0.05, 0.1) is 37.5 Å². The zero-order valence-corrected chi connectivity index (χ0v) is 17.8. The second-order valence-electron chi connectivity index (χ2n) is 6.65. The Labute approximate surface area is 175 Å². The number of carbonyl (C=O) groups is 1. The molecule has 1 amide bonds. The zero-order chi connectivity index (χ0) is 21.9. The summed E-state index contributed by atoms with van der Waals surface area (Å²) in [6.07, 6.45) is 1.61. The van der Waals surface area contributed by atoms with E-state index in [0.29, 0.717) is 24.6 Å². The number of nitrogens with zero attached hydrogens (tertiary/aromatic N) is 1. The Bertz CT molecular complexity index is 1050. The number of anilines is 1. The predicted octanol–water partition coefficient (Wildman–Crippen LogP) is 2.45. The molecule has 30 heavy (non-hydrogen) atoms. The van der Waals surface area contributed by atoms with Gasteiger partial charge in [0.15, 0.2) is 11.5 Å². The minimum absolute atomic E-state index is 0.00298. The first-order valence-corrected chi connectivity index (χ1v) is 10.7. The molecule has 2 aromatic carbocycles. The van der Waals surface area contributed by atoms with Gasteiger partial charge in [0, 0.05) is 25.2 Å². The maximum absolute atomic E-state index is 12.9. The minimum Gasteiger partial charge on any atom is -0.506 e. The molecule has 0 aromatic heterocycles. The SMILES string of the molecule is COc1cc(OC)c(C(=O)Nc2cc(S(=O)(=O)N3CCCC3)ccc2O)cc1OC. The molecule has 10 heteroatoms. The third-order valence-electron chi connectivity index (χ3n) is 4.87. The monoisotopic (exact) mass is 436 g/mol. The number of phenols is 1. The number of aromatic hydroxyl groups is 1. The summed E-state index contributed by atoms with van der Waals surface area (Å²) in [6, 6.07) is 6.74. The van der Waals surface area contributed by atoms with Crippen molar-refractivity contribution in [3.05, 3.63) is 35.9 Å². The number of hydrogen-bond donors (Lipinski definition) is 2. The van der Waals surface area contributed by atoms with Gasteiger partial charge in [0.2, 0.25) is 10.0 Å². The maximum Gasteiger partial charge on any atom is 0.259 e. The fraction of sp³-hybridized carbons (Fsp3) is 0.350. The van der Waals surface area contributed by atoms with E-state index in [4.69, 9.17) is 14.2 Å². The van der Waals surface area contributed by atoms with Crippen molar-refractivity contribution in [3.8, 4) is 23.0 Å². The topological polar surface area (TPSA) is 114 Å². The molecule has 1 saturated heterocycles. The number of ether oxygens (including phenoxy) is 3. The fourth-order valence-electron chi connectivity index (χ4n) is 3.25. The molecule has 0 spiro atoms. The molecule has 1 fully saturated rings. The Balaban J connectivity index is 1.94. The minimum atomic E-state index is -3.70. The van der Waals surface area contributed by atoms with Crippen LogP contribution in [0.4, 0.5) is 5.69 Å². The van der Waals surface area contributed by atoms with E-state index in [-0.39, 0.29) is 27.6 Å². The average Bonchev–Trinajstić information content (AvgIpc) is 3.29. The molecule has 0 saturated carbocycles. The van der Waals surface area contributed by atoms with Crippen LogP contribution in [0.5, 0.6) is 23.0 Å². The van der Waals surface area contributed by atoms with Crippen molar-refractivity contribution in [1.29, 1.82) is 0 Å². The van der Waals surface area contributed by atoms with E-state index in [0.717, 1.165) is 12.8 Å². The van der Waals surface area contributed by atoms with Gasteiger partial charge >= 0.3 is 0 Å². The number of amides is 1. The van der Waals surface area contributed by atoms with E-state index in [2.05, 4.69) is 5.32 Å². The summed E-state index contributed by atoms with van der Waals surface area (Å²) in [5.74, 6) is 0.0537. The van der Waals surface area contributed by atoms with Crippen LogP contribution in [0.1, 0.15) is 23.2 Å². The van der Waals surface area contributed by atoms with E-state index in [1.54, 1.807) is 0 Å². The van der Waals surface area contributed by atoms with Crippen molar-refractivity contribution in [3.63, 3.8) is 0 Å². The predicted molar refractivity (Wildman–Crippen MR) is 110 cm³/mol. The standard InChI is InChI=1S/C20H24N2O7S/c1-27-17-12-19(29-3)18(28-2)11-14(17)20(24)21-15-10-13(6-7-16(15)23)30(25,26)22-8-4-5-9-22/h6-7,10-12,23H,4-5,8-9H2,1-3H3,(H,21,24). The van der Waals surface area contributed by atoms with Crippen molar-refractivity contribution in [2.45, 2.75) is 17.7 Å². The van der Waals surface area contributed by atoms with Gasteiger partial charge in [-0.1, -0.05) is 0 Å². The van der Waals surface area contributed by atoms with Crippen molar-refractivity contribution in [1.82, 2.24) is 4.31 Å². The van der Waals surface area contributed by atoms with E-state index in [9.17, 15) is 18.3 Å². The van der Waals surface area contributed by atoms with Crippen LogP contribution in [0.3, 0.4) is 0 Å². The third-order valence-corrected chi connectivity index (χ3v) is 6.76. The van der Waals surface area contributed by atoms with Crippen LogP contribution in [0.2, 0.25) is 0 Å². The van der Waals surface area contributed by atoms with Crippen LogP contribution in [0.15, 0.2) is 35.2 Å². The Morgan fingerprint density at radius 2 is 1.57 bits per heavy atom. The molecule has 1 aliphatic rings. The zero-order valence-electron chi connectivity index (χ0n) is 17.0. The number of phenolic OH excluding ortho intramolecular Hbond substituents is 1. The maximum atomic E-state index is 12.9. The Morgan fingerprint density at radius 3 is 2.17 bits per heavy atom. The second kappa shape index (κ2) is 8.80. The number of hydrogen-bond acceptors (Lipinski definition) is 7. The highest BCUT2D eigenvalue weighted by Gasteiger charge is 2.28. The first-order chi connectivity index (χ1) is 14.3.